The quantitative estimate of drug-likeness (QED) is 0.575. The predicted molar refractivity (Wildman–Crippen MR) is 97.4 cm³/mol. The third-order valence-corrected chi connectivity index (χ3v) is 4.92. The molecule has 0 aromatic heterocycles. The predicted octanol–water partition coefficient (Wildman–Crippen LogP) is 3.59. The number of carbonyl (C=O) groups excluding carboxylic acids is 3. The fourth-order valence-electron chi connectivity index (χ4n) is 2.73. The fraction of sp³-hybridized carbons (Fsp3) is 0.158. The van der Waals surface area contributed by atoms with E-state index in [1.165, 1.54) is 19.1 Å². The molecule has 2 aromatic rings. The summed E-state index contributed by atoms with van der Waals surface area (Å²) in [4.78, 5) is 38.3. The molecule has 1 atom stereocenters. The van der Waals surface area contributed by atoms with Crippen LogP contribution < -0.4 is 0 Å². The van der Waals surface area contributed by atoms with Crippen molar-refractivity contribution in [3.63, 3.8) is 0 Å². The zero-order valence-corrected chi connectivity index (χ0v) is 15.5. The van der Waals surface area contributed by atoms with Crippen molar-refractivity contribution >= 4 is 41.0 Å². The lowest BCUT2D eigenvalue weighted by Gasteiger charge is -2.21. The Kier molecular flexibility index (Phi) is 5.17. The topological polar surface area (TPSA) is 87.5 Å². The number of hydrogen-bond acceptors (Lipinski definition) is 5. The summed E-state index contributed by atoms with van der Waals surface area (Å²) in [6.07, 6.45) is 0. The van der Waals surface area contributed by atoms with Crippen LogP contribution in [0, 0.1) is 11.3 Å². The number of nitrogens with zero attached hydrogens (tertiary/aromatic N) is 2. The van der Waals surface area contributed by atoms with Gasteiger partial charge in [0.15, 0.2) is 0 Å². The minimum absolute atomic E-state index is 0.0869. The number of nitriles is 1. The summed E-state index contributed by atoms with van der Waals surface area (Å²) in [5.74, 6) is -2.06. The van der Waals surface area contributed by atoms with Crippen LogP contribution in [0.5, 0.6) is 0 Å². The van der Waals surface area contributed by atoms with Crippen molar-refractivity contribution in [2.45, 2.75) is 19.6 Å². The summed E-state index contributed by atoms with van der Waals surface area (Å²) in [6, 6.07) is 10.1. The molecular formula is C19H12Cl2N2O4. The normalized spacial score (nSPS) is 13.9. The molecule has 0 aliphatic carbocycles. The SMILES string of the molecule is C[C@@H](C(=O)OCc1ccccc1C#N)N1C(=O)c2cc(Cl)c(Cl)cc2C1=O. The summed E-state index contributed by atoms with van der Waals surface area (Å²) in [7, 11) is 0. The molecule has 1 aliphatic heterocycles. The van der Waals surface area contributed by atoms with Crippen molar-refractivity contribution in [1.29, 1.82) is 5.26 Å². The molecule has 3 rings (SSSR count). The van der Waals surface area contributed by atoms with E-state index in [0.29, 0.717) is 11.1 Å². The van der Waals surface area contributed by atoms with Crippen molar-refractivity contribution < 1.29 is 19.1 Å². The molecule has 6 nitrogen and oxygen atoms in total. The van der Waals surface area contributed by atoms with Gasteiger partial charge in [-0.1, -0.05) is 41.4 Å². The Labute approximate surface area is 164 Å². The van der Waals surface area contributed by atoms with Crippen LogP contribution in [0.1, 0.15) is 38.8 Å². The molecule has 0 radical (unpaired) electrons. The molecule has 0 saturated carbocycles. The smallest absolute Gasteiger partial charge is 0.329 e. The van der Waals surface area contributed by atoms with E-state index in [4.69, 9.17) is 33.2 Å². The van der Waals surface area contributed by atoms with Gasteiger partial charge in [-0.3, -0.25) is 14.5 Å². The van der Waals surface area contributed by atoms with Crippen molar-refractivity contribution in [2.24, 2.45) is 0 Å². The van der Waals surface area contributed by atoms with E-state index in [9.17, 15) is 14.4 Å². The first kappa shape index (κ1) is 18.9. The zero-order valence-electron chi connectivity index (χ0n) is 14.0. The van der Waals surface area contributed by atoms with Crippen molar-refractivity contribution in [2.75, 3.05) is 0 Å². The Morgan fingerprint density at radius 3 is 2.26 bits per heavy atom. The highest BCUT2D eigenvalue weighted by Gasteiger charge is 2.42. The lowest BCUT2D eigenvalue weighted by molar-refractivity contribution is -0.149. The minimum Gasteiger partial charge on any atom is -0.459 e. The van der Waals surface area contributed by atoms with E-state index < -0.39 is 23.8 Å². The first-order chi connectivity index (χ1) is 12.8. The van der Waals surface area contributed by atoms with Crippen LogP contribution in [0.2, 0.25) is 10.0 Å². The Balaban J connectivity index is 1.77. The summed E-state index contributed by atoms with van der Waals surface area (Å²) < 4.78 is 5.20. The molecule has 2 amide bonds. The second-order valence-electron chi connectivity index (χ2n) is 5.84. The molecule has 0 bridgehead atoms. The van der Waals surface area contributed by atoms with Gasteiger partial charge in [-0.25, -0.2) is 4.79 Å². The van der Waals surface area contributed by atoms with Gasteiger partial charge >= 0.3 is 5.97 Å². The van der Waals surface area contributed by atoms with Crippen LogP contribution in [-0.4, -0.2) is 28.7 Å². The number of rotatable bonds is 4. The average Bonchev–Trinajstić information content (AvgIpc) is 2.90. The second kappa shape index (κ2) is 7.39. The molecular weight excluding hydrogens is 391 g/mol. The molecule has 0 fully saturated rings. The number of esters is 1. The summed E-state index contributed by atoms with van der Waals surface area (Å²) in [6.45, 7) is 1.25. The Bertz CT molecular complexity index is 972. The van der Waals surface area contributed by atoms with Crippen LogP contribution in [0.3, 0.4) is 0 Å². The van der Waals surface area contributed by atoms with Crippen molar-refractivity contribution in [1.82, 2.24) is 4.90 Å². The van der Waals surface area contributed by atoms with E-state index in [-0.39, 0.29) is 27.8 Å². The Hall–Kier alpha value is -2.88. The van der Waals surface area contributed by atoms with Crippen molar-refractivity contribution in [3.05, 3.63) is 68.7 Å². The number of carbonyl (C=O) groups is 3. The third-order valence-electron chi connectivity index (χ3n) is 4.20. The Morgan fingerprint density at radius 2 is 1.70 bits per heavy atom. The lowest BCUT2D eigenvalue weighted by atomic mass is 10.1. The van der Waals surface area contributed by atoms with Gasteiger partial charge in [0.05, 0.1) is 32.8 Å². The maximum atomic E-state index is 12.5. The van der Waals surface area contributed by atoms with Gasteiger partial charge in [0.1, 0.15) is 12.6 Å². The van der Waals surface area contributed by atoms with Crippen LogP contribution >= 0.6 is 23.2 Å². The number of ether oxygens (including phenoxy) is 1. The van der Waals surface area contributed by atoms with E-state index in [0.717, 1.165) is 4.90 Å². The highest BCUT2D eigenvalue weighted by Crippen LogP contribution is 2.32. The van der Waals surface area contributed by atoms with E-state index in [2.05, 4.69) is 0 Å². The molecule has 1 heterocycles. The van der Waals surface area contributed by atoms with Crippen LogP contribution in [-0.2, 0) is 16.1 Å². The number of amides is 2. The fourth-order valence-corrected chi connectivity index (χ4v) is 3.06. The summed E-state index contributed by atoms with van der Waals surface area (Å²) >= 11 is 11.8. The molecule has 2 aromatic carbocycles. The molecule has 1 aliphatic rings. The maximum Gasteiger partial charge on any atom is 0.329 e. The first-order valence-corrected chi connectivity index (χ1v) is 8.62. The largest absolute Gasteiger partial charge is 0.459 e. The lowest BCUT2D eigenvalue weighted by Crippen LogP contribution is -2.43. The average molecular weight is 403 g/mol. The van der Waals surface area contributed by atoms with Gasteiger partial charge in [0, 0.05) is 5.56 Å². The highest BCUT2D eigenvalue weighted by molar-refractivity contribution is 6.43. The van der Waals surface area contributed by atoms with Crippen LogP contribution in [0.25, 0.3) is 0 Å². The zero-order chi connectivity index (χ0) is 19.7. The van der Waals surface area contributed by atoms with Gasteiger partial charge in [-0.2, -0.15) is 5.26 Å². The molecule has 136 valence electrons. The third kappa shape index (κ3) is 3.39. The minimum atomic E-state index is -1.15. The number of halogens is 2. The maximum absolute atomic E-state index is 12.5. The molecule has 0 saturated heterocycles. The van der Waals surface area contributed by atoms with Gasteiger partial charge in [-0.15, -0.1) is 0 Å². The molecule has 0 N–H and O–H groups in total. The van der Waals surface area contributed by atoms with E-state index >= 15 is 0 Å². The number of imide groups is 1. The molecule has 0 spiro atoms. The number of hydrogen-bond donors (Lipinski definition) is 0. The van der Waals surface area contributed by atoms with Gasteiger partial charge in [-0.05, 0) is 25.1 Å². The van der Waals surface area contributed by atoms with Crippen molar-refractivity contribution in [3.8, 4) is 6.07 Å². The summed E-state index contributed by atoms with van der Waals surface area (Å²) in [5, 5.41) is 9.35. The van der Waals surface area contributed by atoms with Gasteiger partial charge in [0.2, 0.25) is 0 Å². The molecule has 0 unspecified atom stereocenters. The summed E-state index contributed by atoms with van der Waals surface area (Å²) in [5.41, 5.74) is 1.08. The number of fused-ring (bicyclic) bond motifs is 1. The van der Waals surface area contributed by atoms with Gasteiger partial charge in [0.25, 0.3) is 11.8 Å². The van der Waals surface area contributed by atoms with Crippen LogP contribution in [0.15, 0.2) is 36.4 Å². The van der Waals surface area contributed by atoms with Crippen LogP contribution in [0.4, 0.5) is 0 Å². The standard InChI is InChI=1S/C19H12Cl2N2O4/c1-10(19(26)27-9-12-5-3-2-4-11(12)8-22)23-17(24)13-6-15(20)16(21)7-14(13)18(23)25/h2-7,10H,9H2,1H3/t10-/m0/s1. The molecule has 8 heteroatoms. The van der Waals surface area contributed by atoms with E-state index in [1.54, 1.807) is 24.3 Å². The monoisotopic (exact) mass is 402 g/mol. The first-order valence-electron chi connectivity index (χ1n) is 7.86. The van der Waals surface area contributed by atoms with E-state index in [1.807, 2.05) is 6.07 Å². The second-order valence-corrected chi connectivity index (χ2v) is 6.66. The highest BCUT2D eigenvalue weighted by atomic mass is 35.5. The number of benzene rings is 2. The molecule has 27 heavy (non-hydrogen) atoms. The van der Waals surface area contributed by atoms with Gasteiger partial charge < -0.3 is 4.74 Å². The Morgan fingerprint density at radius 1 is 1.15 bits per heavy atom.